The number of aromatic nitrogens is 1. The number of ether oxygens (including phenoxy) is 1. The summed E-state index contributed by atoms with van der Waals surface area (Å²) >= 11 is 0. The number of carbonyl (C=O) groups excluding carboxylic acids is 1. The average Bonchev–Trinajstić information content (AvgIpc) is 3.00. The molecule has 1 fully saturated rings. The van der Waals surface area contributed by atoms with Crippen LogP contribution < -0.4 is 0 Å². The fourth-order valence-corrected chi connectivity index (χ4v) is 4.95. The number of H-pyrrole nitrogens is 1. The van der Waals surface area contributed by atoms with Crippen molar-refractivity contribution < 1.29 is 19.3 Å². The van der Waals surface area contributed by atoms with Crippen LogP contribution in [0.3, 0.4) is 0 Å². The van der Waals surface area contributed by atoms with Crippen LogP contribution >= 0.6 is 0 Å². The van der Waals surface area contributed by atoms with Crippen molar-refractivity contribution in [3.63, 3.8) is 0 Å². The van der Waals surface area contributed by atoms with Gasteiger partial charge in [0.05, 0.1) is 20.3 Å². The molecule has 6 heteroatoms. The standard InChI is InChI=1S/C20H24N2O4/c1-3-13-10-22(25)9-8-16(13)20(12-23,19(24)26-2)18-15(11-22)14-6-4-5-7-17(14)21-18/h3-7,16,21,23H,8-12H2,1-2H3. The molecule has 0 radical (unpaired) electrons. The molecule has 1 aromatic carbocycles. The molecule has 2 aromatic rings. The van der Waals surface area contributed by atoms with Crippen molar-refractivity contribution in [1.82, 2.24) is 4.98 Å². The first-order valence-electron chi connectivity index (χ1n) is 9.00. The molecule has 3 aliphatic heterocycles. The molecule has 4 heterocycles. The van der Waals surface area contributed by atoms with E-state index >= 15 is 0 Å². The molecule has 0 aliphatic carbocycles. The number of nitrogens with one attached hydrogen (secondary N) is 1. The quantitative estimate of drug-likeness (QED) is 0.374. The number of aliphatic hydroxyl groups is 1. The van der Waals surface area contributed by atoms with E-state index in [9.17, 15) is 15.1 Å². The van der Waals surface area contributed by atoms with Crippen molar-refractivity contribution in [2.75, 3.05) is 26.8 Å². The maximum atomic E-state index is 13.4. The molecule has 26 heavy (non-hydrogen) atoms. The lowest BCUT2D eigenvalue weighted by Gasteiger charge is -2.53. The number of methoxy groups -OCH3 is 1. The number of para-hydroxylation sites is 1. The lowest BCUT2D eigenvalue weighted by Crippen LogP contribution is -2.59. The summed E-state index contributed by atoms with van der Waals surface area (Å²) in [5.74, 6) is -0.706. The van der Waals surface area contributed by atoms with Crippen LogP contribution in [-0.2, 0) is 21.5 Å². The maximum Gasteiger partial charge on any atom is 0.320 e. The summed E-state index contributed by atoms with van der Waals surface area (Å²) in [7, 11) is 1.35. The highest BCUT2D eigenvalue weighted by molar-refractivity contribution is 5.91. The fraction of sp³-hybridized carbons (Fsp3) is 0.450. The van der Waals surface area contributed by atoms with Crippen molar-refractivity contribution in [1.29, 1.82) is 0 Å². The van der Waals surface area contributed by atoms with E-state index in [2.05, 4.69) is 4.98 Å². The second kappa shape index (κ2) is 5.94. The van der Waals surface area contributed by atoms with Crippen LogP contribution in [0.15, 0.2) is 35.9 Å². The number of aromatic amines is 1. The van der Waals surface area contributed by atoms with Gasteiger partial charge in [-0.3, -0.25) is 4.79 Å². The summed E-state index contributed by atoms with van der Waals surface area (Å²) in [4.78, 5) is 16.4. The van der Waals surface area contributed by atoms with Crippen LogP contribution in [0.1, 0.15) is 24.6 Å². The second-order valence-corrected chi connectivity index (χ2v) is 7.45. The zero-order chi connectivity index (χ0) is 18.5. The van der Waals surface area contributed by atoms with Gasteiger partial charge in [-0.15, -0.1) is 0 Å². The highest BCUT2D eigenvalue weighted by Crippen LogP contribution is 2.49. The molecule has 3 atom stereocenters. The Morgan fingerprint density at radius 2 is 2.23 bits per heavy atom. The molecular formula is C20H24N2O4. The Balaban J connectivity index is 2.09. The highest BCUT2D eigenvalue weighted by atomic mass is 16.5. The van der Waals surface area contributed by atoms with Gasteiger partial charge in [0.2, 0.25) is 0 Å². The van der Waals surface area contributed by atoms with Gasteiger partial charge < -0.3 is 24.7 Å². The van der Waals surface area contributed by atoms with Crippen molar-refractivity contribution in [2.45, 2.75) is 25.3 Å². The monoisotopic (exact) mass is 356 g/mol. The van der Waals surface area contributed by atoms with Gasteiger partial charge in [0.25, 0.3) is 0 Å². The largest absolute Gasteiger partial charge is 0.632 e. The van der Waals surface area contributed by atoms with Gasteiger partial charge in [0, 0.05) is 34.5 Å². The molecule has 1 aromatic heterocycles. The number of esters is 1. The molecule has 2 N–H and O–H groups in total. The Labute approximate surface area is 152 Å². The van der Waals surface area contributed by atoms with Crippen LogP contribution in [0.25, 0.3) is 10.9 Å². The molecule has 3 unspecified atom stereocenters. The van der Waals surface area contributed by atoms with Crippen molar-refractivity contribution in [3.8, 4) is 0 Å². The molecule has 5 rings (SSSR count). The third-order valence-electron chi connectivity index (χ3n) is 6.21. The summed E-state index contributed by atoms with van der Waals surface area (Å²) in [6.07, 6.45) is 2.48. The van der Waals surface area contributed by atoms with Gasteiger partial charge in [-0.25, -0.2) is 0 Å². The van der Waals surface area contributed by atoms with Crippen molar-refractivity contribution in [2.24, 2.45) is 5.92 Å². The van der Waals surface area contributed by atoms with E-state index in [0.717, 1.165) is 22.0 Å². The molecular weight excluding hydrogens is 332 g/mol. The Hall–Kier alpha value is -2.15. The first-order valence-corrected chi connectivity index (χ1v) is 9.00. The molecule has 0 saturated carbocycles. The molecule has 6 nitrogen and oxygen atoms in total. The van der Waals surface area contributed by atoms with Crippen LogP contribution in [0.2, 0.25) is 0 Å². The Bertz CT molecular complexity index is 902. The number of nitrogens with zero attached hydrogens (tertiary/aromatic N) is 1. The third-order valence-corrected chi connectivity index (χ3v) is 6.21. The predicted octanol–water partition coefficient (Wildman–Crippen LogP) is 2.37. The molecule has 3 aliphatic rings. The minimum absolute atomic E-state index is 0.253. The van der Waals surface area contributed by atoms with Crippen LogP contribution in [0, 0.1) is 11.1 Å². The molecule has 138 valence electrons. The van der Waals surface area contributed by atoms with Gasteiger partial charge in [0.1, 0.15) is 18.5 Å². The number of hydrogen-bond donors (Lipinski definition) is 2. The molecule has 2 bridgehead atoms. The number of hydrogen-bond acceptors (Lipinski definition) is 4. The number of rotatable bonds is 2. The Morgan fingerprint density at radius 3 is 2.92 bits per heavy atom. The van der Waals surface area contributed by atoms with Crippen LogP contribution in [0.4, 0.5) is 0 Å². The summed E-state index contributed by atoms with van der Waals surface area (Å²) in [6.45, 7) is 2.59. The van der Waals surface area contributed by atoms with Gasteiger partial charge in [0.15, 0.2) is 0 Å². The van der Waals surface area contributed by atoms with E-state index < -0.39 is 11.4 Å². The number of allylic oxidation sites excluding steroid dienone is 1. The van der Waals surface area contributed by atoms with Gasteiger partial charge in [-0.05, 0) is 18.6 Å². The number of aliphatic hydroxyl groups excluding tert-OH is 1. The zero-order valence-electron chi connectivity index (χ0n) is 15.1. The number of fused-ring (bicyclic) bond motifs is 3. The molecule has 1 saturated heterocycles. The Morgan fingerprint density at radius 1 is 1.46 bits per heavy atom. The van der Waals surface area contributed by atoms with E-state index in [4.69, 9.17) is 4.74 Å². The van der Waals surface area contributed by atoms with Crippen molar-refractivity contribution in [3.05, 3.63) is 52.4 Å². The lowest BCUT2D eigenvalue weighted by molar-refractivity contribution is -0.894. The van der Waals surface area contributed by atoms with E-state index in [-0.39, 0.29) is 23.7 Å². The molecule has 0 amide bonds. The summed E-state index contributed by atoms with van der Waals surface area (Å²) in [5, 5.41) is 24.9. The van der Waals surface area contributed by atoms with E-state index in [1.807, 2.05) is 37.3 Å². The SMILES string of the molecule is CC=C1C[N+]2([O-])CCC1C(CO)(C(=O)OC)c1[nH]c3ccccc3c1C2. The first-order chi connectivity index (χ1) is 12.5. The van der Waals surface area contributed by atoms with Gasteiger partial charge in [-0.2, -0.15) is 0 Å². The summed E-state index contributed by atoms with van der Waals surface area (Å²) in [5.41, 5.74) is 2.05. The first kappa shape index (κ1) is 17.3. The molecule has 0 spiro atoms. The second-order valence-electron chi connectivity index (χ2n) is 7.45. The average molecular weight is 356 g/mol. The van der Waals surface area contributed by atoms with E-state index in [1.54, 1.807) is 0 Å². The van der Waals surface area contributed by atoms with Gasteiger partial charge >= 0.3 is 5.97 Å². The number of carbonyl (C=O) groups is 1. The van der Waals surface area contributed by atoms with E-state index in [1.165, 1.54) is 7.11 Å². The smallest absolute Gasteiger partial charge is 0.320 e. The topological polar surface area (TPSA) is 85.4 Å². The predicted molar refractivity (Wildman–Crippen MR) is 98.0 cm³/mol. The highest BCUT2D eigenvalue weighted by Gasteiger charge is 2.56. The summed E-state index contributed by atoms with van der Waals surface area (Å²) in [6, 6.07) is 7.73. The van der Waals surface area contributed by atoms with Crippen LogP contribution in [0.5, 0.6) is 0 Å². The maximum absolute atomic E-state index is 13.4. The number of piperidine rings is 1. The van der Waals surface area contributed by atoms with E-state index in [0.29, 0.717) is 25.2 Å². The van der Waals surface area contributed by atoms with Gasteiger partial charge in [-0.1, -0.05) is 24.3 Å². The third kappa shape index (κ3) is 2.19. The van der Waals surface area contributed by atoms with Crippen molar-refractivity contribution >= 4 is 16.9 Å². The minimum atomic E-state index is -1.21. The normalized spacial score (nSPS) is 32.3. The Kier molecular flexibility index (Phi) is 3.95. The summed E-state index contributed by atoms with van der Waals surface area (Å²) < 4.78 is 4.85. The fourth-order valence-electron chi connectivity index (χ4n) is 4.95. The number of quaternary nitrogens is 1. The number of hydroxylamine groups is 3. The zero-order valence-corrected chi connectivity index (χ0v) is 15.1. The lowest BCUT2D eigenvalue weighted by atomic mass is 9.64. The van der Waals surface area contributed by atoms with Crippen LogP contribution in [-0.4, -0.2) is 47.5 Å². The number of benzene rings is 1. The minimum Gasteiger partial charge on any atom is -0.632 e.